The van der Waals surface area contributed by atoms with Gasteiger partial charge in [0.05, 0.1) is 12.3 Å². The first-order valence-electron chi connectivity index (χ1n) is 7.02. The number of aromatic nitrogens is 2. The Morgan fingerprint density at radius 1 is 1.37 bits per heavy atom. The van der Waals surface area contributed by atoms with Gasteiger partial charge >= 0.3 is 0 Å². The molecule has 0 unspecified atom stereocenters. The Labute approximate surface area is 113 Å². The van der Waals surface area contributed by atoms with Gasteiger partial charge in [-0.2, -0.15) is 0 Å². The van der Waals surface area contributed by atoms with Gasteiger partial charge in [-0.25, -0.2) is 4.98 Å². The molecule has 0 aliphatic heterocycles. The van der Waals surface area contributed by atoms with Crippen LogP contribution in [0.15, 0.2) is 24.4 Å². The predicted molar refractivity (Wildman–Crippen MR) is 75.1 cm³/mol. The van der Waals surface area contributed by atoms with Gasteiger partial charge < -0.3 is 14.8 Å². The fraction of sp³-hybridized carbons (Fsp3) is 0.533. The number of fused-ring (bicyclic) bond motifs is 1. The highest BCUT2D eigenvalue weighted by Crippen LogP contribution is 2.29. The van der Waals surface area contributed by atoms with E-state index in [9.17, 15) is 5.11 Å². The first kappa shape index (κ1) is 12.6. The van der Waals surface area contributed by atoms with Crippen molar-refractivity contribution in [1.29, 1.82) is 0 Å². The van der Waals surface area contributed by atoms with E-state index in [1.807, 2.05) is 12.1 Å². The average Bonchev–Trinajstić information content (AvgIpc) is 3.04. The summed E-state index contributed by atoms with van der Waals surface area (Å²) in [6, 6.07) is 6.13. The highest BCUT2D eigenvalue weighted by molar-refractivity contribution is 5.41. The van der Waals surface area contributed by atoms with Gasteiger partial charge in [-0.05, 0) is 31.9 Å². The molecule has 0 amide bonds. The first-order chi connectivity index (χ1) is 9.22. The van der Waals surface area contributed by atoms with Crippen molar-refractivity contribution in [1.82, 2.24) is 14.7 Å². The summed E-state index contributed by atoms with van der Waals surface area (Å²) in [7, 11) is 0. The summed E-state index contributed by atoms with van der Waals surface area (Å²) in [5, 5.41) is 13.1. The lowest BCUT2D eigenvalue weighted by Crippen LogP contribution is -2.45. The molecule has 1 aliphatic carbocycles. The van der Waals surface area contributed by atoms with E-state index in [0.29, 0.717) is 0 Å². The second kappa shape index (κ2) is 4.94. The molecule has 19 heavy (non-hydrogen) atoms. The number of aliphatic hydroxyl groups is 1. The first-order valence-corrected chi connectivity index (χ1v) is 7.02. The second-order valence-electron chi connectivity index (χ2n) is 5.63. The highest BCUT2D eigenvalue weighted by Gasteiger charge is 2.32. The van der Waals surface area contributed by atoms with E-state index < -0.39 is 0 Å². The summed E-state index contributed by atoms with van der Waals surface area (Å²) >= 11 is 0. The van der Waals surface area contributed by atoms with Crippen molar-refractivity contribution in [3.63, 3.8) is 0 Å². The predicted octanol–water partition coefficient (Wildman–Crippen LogP) is 2.04. The van der Waals surface area contributed by atoms with Gasteiger partial charge in [0.1, 0.15) is 5.65 Å². The largest absolute Gasteiger partial charge is 0.394 e. The van der Waals surface area contributed by atoms with Crippen LogP contribution in [-0.2, 0) is 6.54 Å². The maximum atomic E-state index is 9.59. The number of aliphatic hydroxyl groups excluding tert-OH is 1. The van der Waals surface area contributed by atoms with Crippen LogP contribution in [0.25, 0.3) is 5.65 Å². The van der Waals surface area contributed by atoms with Crippen molar-refractivity contribution in [2.75, 3.05) is 6.61 Å². The van der Waals surface area contributed by atoms with E-state index in [1.165, 1.54) is 18.5 Å². The zero-order valence-electron chi connectivity index (χ0n) is 11.4. The number of nitrogens with zero attached hydrogens (tertiary/aromatic N) is 2. The lowest BCUT2D eigenvalue weighted by Gasteiger charge is -2.27. The third-order valence-corrected chi connectivity index (χ3v) is 4.25. The highest BCUT2D eigenvalue weighted by atomic mass is 16.3. The van der Waals surface area contributed by atoms with E-state index in [1.54, 1.807) is 0 Å². The molecule has 0 atom stereocenters. The summed E-state index contributed by atoms with van der Waals surface area (Å²) in [6.45, 7) is 3.03. The van der Waals surface area contributed by atoms with E-state index in [4.69, 9.17) is 0 Å². The summed E-state index contributed by atoms with van der Waals surface area (Å²) in [4.78, 5) is 4.62. The molecular formula is C15H21N3O. The van der Waals surface area contributed by atoms with Gasteiger partial charge in [-0.15, -0.1) is 0 Å². The molecule has 3 rings (SSSR count). The summed E-state index contributed by atoms with van der Waals surface area (Å²) in [5.41, 5.74) is 3.13. The molecule has 0 saturated heterocycles. The average molecular weight is 259 g/mol. The van der Waals surface area contributed by atoms with Crippen LogP contribution in [0.1, 0.15) is 37.1 Å². The fourth-order valence-corrected chi connectivity index (χ4v) is 3.00. The molecule has 102 valence electrons. The van der Waals surface area contributed by atoms with E-state index in [0.717, 1.165) is 30.7 Å². The molecule has 2 aromatic heterocycles. The van der Waals surface area contributed by atoms with Crippen LogP contribution in [0.4, 0.5) is 0 Å². The number of imidazole rings is 1. The van der Waals surface area contributed by atoms with E-state index in [2.05, 4.69) is 33.9 Å². The topological polar surface area (TPSA) is 49.6 Å². The molecular weight excluding hydrogens is 238 g/mol. The fourth-order valence-electron chi connectivity index (χ4n) is 3.00. The number of hydrogen-bond donors (Lipinski definition) is 2. The van der Waals surface area contributed by atoms with Crippen molar-refractivity contribution in [2.45, 2.75) is 44.7 Å². The van der Waals surface area contributed by atoms with Gasteiger partial charge in [0, 0.05) is 24.0 Å². The smallest absolute Gasteiger partial charge is 0.137 e. The number of hydrogen-bond acceptors (Lipinski definition) is 3. The van der Waals surface area contributed by atoms with Crippen LogP contribution in [0.2, 0.25) is 0 Å². The SMILES string of the molecule is Cc1cccc2nc(CNC3(CO)CCCC3)cn12. The quantitative estimate of drug-likeness (QED) is 0.883. The van der Waals surface area contributed by atoms with Crippen molar-refractivity contribution in [3.05, 3.63) is 35.8 Å². The molecule has 2 N–H and O–H groups in total. The van der Waals surface area contributed by atoms with Crippen LogP contribution >= 0.6 is 0 Å². The summed E-state index contributed by atoms with van der Waals surface area (Å²) in [5.74, 6) is 0. The number of aryl methyl sites for hydroxylation is 1. The van der Waals surface area contributed by atoms with Gasteiger partial charge in [0.25, 0.3) is 0 Å². The van der Waals surface area contributed by atoms with E-state index >= 15 is 0 Å². The van der Waals surface area contributed by atoms with Gasteiger partial charge in [-0.1, -0.05) is 18.9 Å². The normalized spacial score (nSPS) is 18.2. The zero-order valence-corrected chi connectivity index (χ0v) is 11.4. The Morgan fingerprint density at radius 2 is 2.16 bits per heavy atom. The van der Waals surface area contributed by atoms with Crippen molar-refractivity contribution in [2.24, 2.45) is 0 Å². The Hall–Kier alpha value is -1.39. The Bertz CT molecular complexity index is 570. The lowest BCUT2D eigenvalue weighted by atomic mass is 9.99. The molecule has 4 nitrogen and oxygen atoms in total. The van der Waals surface area contributed by atoms with Crippen molar-refractivity contribution in [3.8, 4) is 0 Å². The maximum absolute atomic E-state index is 9.59. The second-order valence-corrected chi connectivity index (χ2v) is 5.63. The molecule has 2 heterocycles. The third-order valence-electron chi connectivity index (χ3n) is 4.25. The van der Waals surface area contributed by atoms with Crippen LogP contribution in [-0.4, -0.2) is 26.6 Å². The van der Waals surface area contributed by atoms with Gasteiger partial charge in [0.15, 0.2) is 0 Å². The Balaban J connectivity index is 1.76. The van der Waals surface area contributed by atoms with Crippen molar-refractivity contribution < 1.29 is 5.11 Å². The standard InChI is InChI=1S/C15H21N3O/c1-12-5-4-6-14-17-13(10-18(12)14)9-16-15(11-19)7-2-3-8-15/h4-6,10,16,19H,2-3,7-9,11H2,1H3. The monoisotopic (exact) mass is 259 g/mol. The van der Waals surface area contributed by atoms with Crippen molar-refractivity contribution >= 4 is 5.65 Å². The Morgan fingerprint density at radius 3 is 2.84 bits per heavy atom. The number of nitrogens with one attached hydrogen (secondary N) is 1. The van der Waals surface area contributed by atoms with Crippen LogP contribution in [0.3, 0.4) is 0 Å². The summed E-state index contributed by atoms with van der Waals surface area (Å²) in [6.07, 6.45) is 6.62. The minimum absolute atomic E-state index is 0.0785. The van der Waals surface area contributed by atoms with Gasteiger partial charge in [0.2, 0.25) is 0 Å². The van der Waals surface area contributed by atoms with Crippen LogP contribution in [0, 0.1) is 6.92 Å². The molecule has 0 bridgehead atoms. The molecule has 0 radical (unpaired) electrons. The zero-order chi connectivity index (χ0) is 13.3. The molecule has 1 fully saturated rings. The third kappa shape index (κ3) is 2.38. The maximum Gasteiger partial charge on any atom is 0.137 e. The minimum atomic E-state index is -0.0785. The molecule has 0 aromatic carbocycles. The van der Waals surface area contributed by atoms with Crippen LogP contribution in [0.5, 0.6) is 0 Å². The van der Waals surface area contributed by atoms with E-state index in [-0.39, 0.29) is 12.1 Å². The summed E-state index contributed by atoms with van der Waals surface area (Å²) < 4.78 is 2.11. The minimum Gasteiger partial charge on any atom is -0.394 e. The van der Waals surface area contributed by atoms with Gasteiger partial charge in [-0.3, -0.25) is 0 Å². The molecule has 1 saturated carbocycles. The molecule has 1 aliphatic rings. The molecule has 0 spiro atoms. The Kier molecular flexibility index (Phi) is 3.29. The van der Waals surface area contributed by atoms with Crippen LogP contribution < -0.4 is 5.32 Å². The molecule has 2 aromatic rings. The number of rotatable bonds is 4. The number of pyridine rings is 1. The molecule has 4 heteroatoms. The lowest BCUT2D eigenvalue weighted by molar-refractivity contribution is 0.162.